The van der Waals surface area contributed by atoms with Crippen LogP contribution in [0.5, 0.6) is 17.2 Å². The maximum atomic E-state index is 12.5. The van der Waals surface area contributed by atoms with Gasteiger partial charge in [-0.05, 0) is 48.7 Å². The highest BCUT2D eigenvalue weighted by Gasteiger charge is 2.28. The summed E-state index contributed by atoms with van der Waals surface area (Å²) < 4.78 is 17.5. The van der Waals surface area contributed by atoms with Gasteiger partial charge in [0.25, 0.3) is 0 Å². The molecule has 0 radical (unpaired) electrons. The Morgan fingerprint density at radius 1 is 1.21 bits per heavy atom. The third-order valence-corrected chi connectivity index (χ3v) is 5.02. The van der Waals surface area contributed by atoms with Gasteiger partial charge in [0.15, 0.2) is 17.6 Å². The second-order valence-electron chi connectivity index (χ2n) is 7.61. The summed E-state index contributed by atoms with van der Waals surface area (Å²) in [7, 11) is 0. The molecule has 0 fully saturated rings. The van der Waals surface area contributed by atoms with E-state index in [9.17, 15) is 4.79 Å². The van der Waals surface area contributed by atoms with Gasteiger partial charge in [0.05, 0.1) is 12.3 Å². The summed E-state index contributed by atoms with van der Waals surface area (Å²) in [6.07, 6.45) is 10.1. The van der Waals surface area contributed by atoms with Gasteiger partial charge in [-0.25, -0.2) is 0 Å². The van der Waals surface area contributed by atoms with Crippen molar-refractivity contribution in [3.8, 4) is 17.2 Å². The number of ether oxygens (including phenoxy) is 3. The van der Waals surface area contributed by atoms with Gasteiger partial charge in [-0.15, -0.1) is 10.2 Å². The number of para-hydroxylation sites is 1. The van der Waals surface area contributed by atoms with Crippen LogP contribution in [0.2, 0.25) is 0 Å². The molecular weight excluding hydrogens is 434 g/mol. The van der Waals surface area contributed by atoms with Gasteiger partial charge in [-0.1, -0.05) is 48.9 Å². The van der Waals surface area contributed by atoms with Crippen LogP contribution in [0.25, 0.3) is 6.08 Å². The van der Waals surface area contributed by atoms with Gasteiger partial charge >= 0.3 is 0 Å². The lowest BCUT2D eigenvalue weighted by molar-refractivity contribution is -0.111. The number of fused-ring (bicyclic) bond motifs is 1. The van der Waals surface area contributed by atoms with E-state index in [1.54, 1.807) is 24.3 Å². The minimum Gasteiger partial charge on any atom is -0.493 e. The Morgan fingerprint density at radius 2 is 2.06 bits per heavy atom. The molecule has 0 saturated carbocycles. The van der Waals surface area contributed by atoms with Crippen molar-refractivity contribution in [3.63, 3.8) is 0 Å². The van der Waals surface area contributed by atoms with Gasteiger partial charge in [0, 0.05) is 6.08 Å². The summed E-state index contributed by atoms with van der Waals surface area (Å²) >= 11 is 0. The van der Waals surface area contributed by atoms with E-state index >= 15 is 0 Å². The molecule has 1 atom stereocenters. The van der Waals surface area contributed by atoms with Crippen LogP contribution >= 0.6 is 0 Å². The summed E-state index contributed by atoms with van der Waals surface area (Å²) in [5.74, 6) is 1.86. The number of hydrogen-bond donors (Lipinski definition) is 2. The predicted octanol–water partition coefficient (Wildman–Crippen LogP) is 4.49. The number of nitrogens with zero attached hydrogens (tertiary/aromatic N) is 3. The minimum atomic E-state index is -0.520. The number of H-pyrrole nitrogens is 1. The first-order chi connectivity index (χ1) is 16.7. The van der Waals surface area contributed by atoms with Crippen LogP contribution in [0, 0.1) is 0 Å². The molecule has 0 bridgehead atoms. The molecular formula is C25H27N5O4. The average Bonchev–Trinajstić information content (AvgIpc) is 3.41. The monoisotopic (exact) mass is 461 g/mol. The van der Waals surface area contributed by atoms with Gasteiger partial charge < -0.3 is 19.5 Å². The number of anilines is 1. The maximum absolute atomic E-state index is 12.5. The quantitative estimate of drug-likeness (QED) is 0.260. The Labute approximate surface area is 197 Å². The van der Waals surface area contributed by atoms with Crippen molar-refractivity contribution in [1.82, 2.24) is 20.6 Å². The van der Waals surface area contributed by atoms with E-state index in [1.165, 1.54) is 6.08 Å². The third kappa shape index (κ3) is 6.22. The number of aromatic amines is 1. The number of unbranched alkanes of at least 4 members (excludes halogenated alkanes) is 1. The van der Waals surface area contributed by atoms with Gasteiger partial charge in [-0.2, -0.15) is 5.21 Å². The van der Waals surface area contributed by atoms with Crippen LogP contribution in [0.4, 0.5) is 5.69 Å². The number of tetrazole rings is 1. The Kier molecular flexibility index (Phi) is 7.89. The minimum absolute atomic E-state index is 0.249. The van der Waals surface area contributed by atoms with Gasteiger partial charge in [0.1, 0.15) is 12.4 Å². The lowest BCUT2D eigenvalue weighted by Gasteiger charge is -2.26. The van der Waals surface area contributed by atoms with Crippen LogP contribution in [0.3, 0.4) is 0 Å². The second-order valence-corrected chi connectivity index (χ2v) is 7.61. The number of nitrogens with one attached hydrogen (secondary N) is 2. The standard InChI is InChI=1S/C25H27N5O4/c1-2-3-4-5-6-16-32-19-13-10-18(11-14-19)12-15-23(31)26-20-8-7-9-21-24(20)34-22(17-33-21)25-27-29-30-28-25/h4-5,7-15,22H,2-3,6,16-17H2,1H3,(H,26,31)(H,27,28,29,30)/b5-4+,15-12?. The summed E-state index contributed by atoms with van der Waals surface area (Å²) in [4.78, 5) is 12.5. The summed E-state index contributed by atoms with van der Waals surface area (Å²) in [6.45, 7) is 3.05. The molecule has 0 aliphatic carbocycles. The van der Waals surface area contributed by atoms with Gasteiger partial charge in [-0.3, -0.25) is 4.79 Å². The fourth-order valence-electron chi connectivity index (χ4n) is 3.29. The van der Waals surface area contributed by atoms with E-state index in [2.05, 4.69) is 45.0 Å². The first kappa shape index (κ1) is 23.0. The number of hydrogen-bond acceptors (Lipinski definition) is 7. The zero-order valence-electron chi connectivity index (χ0n) is 18.9. The molecule has 0 spiro atoms. The fraction of sp³-hybridized carbons (Fsp3) is 0.280. The Morgan fingerprint density at radius 3 is 2.85 bits per heavy atom. The zero-order valence-corrected chi connectivity index (χ0v) is 18.9. The average molecular weight is 462 g/mol. The van der Waals surface area contributed by atoms with Crippen LogP contribution in [0.15, 0.2) is 60.7 Å². The molecule has 1 amide bonds. The number of carbonyl (C=O) groups excluding carboxylic acids is 1. The number of aromatic nitrogens is 4. The van der Waals surface area contributed by atoms with E-state index < -0.39 is 6.10 Å². The van der Waals surface area contributed by atoms with E-state index in [-0.39, 0.29) is 12.5 Å². The molecule has 176 valence electrons. The van der Waals surface area contributed by atoms with E-state index in [0.29, 0.717) is 29.6 Å². The molecule has 2 heterocycles. The first-order valence-corrected chi connectivity index (χ1v) is 11.3. The Balaban J connectivity index is 1.31. The molecule has 4 rings (SSSR count). The molecule has 3 aromatic rings. The molecule has 2 aromatic carbocycles. The van der Waals surface area contributed by atoms with E-state index in [4.69, 9.17) is 14.2 Å². The Hall–Kier alpha value is -4.14. The maximum Gasteiger partial charge on any atom is 0.248 e. The topological polar surface area (TPSA) is 111 Å². The molecule has 34 heavy (non-hydrogen) atoms. The molecule has 1 aliphatic heterocycles. The number of rotatable bonds is 10. The van der Waals surface area contributed by atoms with Crippen molar-refractivity contribution >= 4 is 17.7 Å². The third-order valence-electron chi connectivity index (χ3n) is 5.02. The van der Waals surface area contributed by atoms with E-state index in [0.717, 1.165) is 30.6 Å². The largest absolute Gasteiger partial charge is 0.493 e. The molecule has 9 heteroatoms. The lowest BCUT2D eigenvalue weighted by Crippen LogP contribution is -2.24. The highest BCUT2D eigenvalue weighted by Crippen LogP contribution is 2.41. The molecule has 0 saturated heterocycles. The van der Waals surface area contributed by atoms with Crippen molar-refractivity contribution in [3.05, 3.63) is 72.1 Å². The van der Waals surface area contributed by atoms with Crippen LogP contribution in [-0.4, -0.2) is 39.7 Å². The molecule has 1 aromatic heterocycles. The normalized spacial score (nSPS) is 15.0. The number of allylic oxidation sites excluding steroid dienone is 1. The first-order valence-electron chi connectivity index (χ1n) is 11.3. The summed E-state index contributed by atoms with van der Waals surface area (Å²) in [5, 5.41) is 16.7. The van der Waals surface area contributed by atoms with Gasteiger partial charge in [0.2, 0.25) is 11.7 Å². The van der Waals surface area contributed by atoms with Crippen molar-refractivity contribution in [2.24, 2.45) is 0 Å². The van der Waals surface area contributed by atoms with Crippen molar-refractivity contribution in [2.75, 3.05) is 18.5 Å². The molecule has 2 N–H and O–H groups in total. The SMILES string of the molecule is CCC/C=C/CCOc1ccc(C=CC(=O)Nc2cccc3c2OC(c2nn[nH]n2)CO3)cc1. The van der Waals surface area contributed by atoms with E-state index in [1.807, 2.05) is 24.3 Å². The predicted molar refractivity (Wildman–Crippen MR) is 128 cm³/mol. The number of carbonyl (C=O) groups is 1. The van der Waals surface area contributed by atoms with Crippen LogP contribution in [-0.2, 0) is 4.79 Å². The van der Waals surface area contributed by atoms with Crippen molar-refractivity contribution < 1.29 is 19.0 Å². The molecule has 9 nitrogen and oxygen atoms in total. The highest BCUT2D eigenvalue weighted by molar-refractivity contribution is 6.03. The summed E-state index contributed by atoms with van der Waals surface area (Å²) in [5.41, 5.74) is 1.38. The fourth-order valence-corrected chi connectivity index (χ4v) is 3.29. The molecule has 1 aliphatic rings. The molecule has 1 unspecified atom stereocenters. The zero-order chi connectivity index (χ0) is 23.6. The number of benzene rings is 2. The van der Waals surface area contributed by atoms with Crippen molar-refractivity contribution in [1.29, 1.82) is 0 Å². The summed E-state index contributed by atoms with van der Waals surface area (Å²) in [6, 6.07) is 12.9. The smallest absolute Gasteiger partial charge is 0.248 e. The second kappa shape index (κ2) is 11.6. The number of amides is 1. The van der Waals surface area contributed by atoms with Crippen molar-refractivity contribution in [2.45, 2.75) is 32.3 Å². The Bertz CT molecular complexity index is 1130. The van der Waals surface area contributed by atoms with Crippen LogP contribution < -0.4 is 19.5 Å². The highest BCUT2D eigenvalue weighted by atomic mass is 16.6. The van der Waals surface area contributed by atoms with Crippen LogP contribution in [0.1, 0.15) is 43.7 Å². The lowest BCUT2D eigenvalue weighted by atomic mass is 10.2.